The lowest BCUT2D eigenvalue weighted by atomic mass is 9.96. The maximum absolute atomic E-state index is 12.3. The molecule has 2 fully saturated rings. The molecule has 1 amide bonds. The first-order valence-corrected chi connectivity index (χ1v) is 9.19. The van der Waals surface area contributed by atoms with E-state index in [4.69, 9.17) is 4.74 Å². The van der Waals surface area contributed by atoms with E-state index in [9.17, 15) is 4.79 Å². The van der Waals surface area contributed by atoms with E-state index in [-0.39, 0.29) is 6.09 Å². The van der Waals surface area contributed by atoms with Gasteiger partial charge >= 0.3 is 6.09 Å². The summed E-state index contributed by atoms with van der Waals surface area (Å²) in [5, 5.41) is 3.73. The number of rotatable bonds is 3. The Bertz CT molecular complexity index is 343. The van der Waals surface area contributed by atoms with E-state index >= 15 is 0 Å². The first-order valence-electron chi connectivity index (χ1n) is 9.19. The van der Waals surface area contributed by atoms with Gasteiger partial charge in [0, 0.05) is 25.2 Å². The Hall–Kier alpha value is -0.770. The number of hydrogen-bond acceptors (Lipinski definition) is 3. The SMILES string of the molecule is CC(C)(C)OC(=O)N1CCCC1CNC1CCCCCCC1. The van der Waals surface area contributed by atoms with Crippen molar-refractivity contribution in [2.24, 2.45) is 0 Å². The van der Waals surface area contributed by atoms with Gasteiger partial charge in [0.25, 0.3) is 0 Å². The standard InChI is InChI=1S/C18H34N2O2/c1-18(2,3)22-17(21)20-13-9-12-16(20)14-19-15-10-7-5-4-6-8-11-15/h15-16,19H,4-14H2,1-3H3. The Kier molecular flexibility index (Phi) is 6.54. The molecule has 1 saturated heterocycles. The summed E-state index contributed by atoms with van der Waals surface area (Å²) in [6, 6.07) is 0.946. The summed E-state index contributed by atoms with van der Waals surface area (Å²) < 4.78 is 5.54. The van der Waals surface area contributed by atoms with Gasteiger partial charge < -0.3 is 15.0 Å². The molecule has 4 nitrogen and oxygen atoms in total. The van der Waals surface area contributed by atoms with Crippen LogP contribution in [0.15, 0.2) is 0 Å². The normalized spacial score (nSPS) is 24.9. The molecule has 2 aliphatic rings. The number of carbonyl (C=O) groups is 1. The zero-order valence-electron chi connectivity index (χ0n) is 14.7. The monoisotopic (exact) mass is 310 g/mol. The Balaban J connectivity index is 1.79. The third kappa shape index (κ3) is 5.79. The average molecular weight is 310 g/mol. The summed E-state index contributed by atoms with van der Waals surface area (Å²) in [6.45, 7) is 7.56. The minimum absolute atomic E-state index is 0.144. The van der Waals surface area contributed by atoms with Gasteiger partial charge in [-0.15, -0.1) is 0 Å². The first-order chi connectivity index (χ1) is 10.5. The highest BCUT2D eigenvalue weighted by molar-refractivity contribution is 5.69. The molecule has 0 radical (unpaired) electrons. The van der Waals surface area contributed by atoms with Crippen molar-refractivity contribution in [3.05, 3.63) is 0 Å². The molecular weight excluding hydrogens is 276 g/mol. The van der Waals surface area contributed by atoms with Gasteiger partial charge in [-0.3, -0.25) is 0 Å². The molecule has 128 valence electrons. The summed E-state index contributed by atoms with van der Waals surface area (Å²) >= 11 is 0. The number of nitrogens with zero attached hydrogens (tertiary/aromatic N) is 1. The van der Waals surface area contributed by atoms with E-state index in [2.05, 4.69) is 5.32 Å². The molecule has 0 aromatic rings. The predicted molar refractivity (Wildman–Crippen MR) is 90.1 cm³/mol. The quantitative estimate of drug-likeness (QED) is 0.853. The summed E-state index contributed by atoms with van der Waals surface area (Å²) in [7, 11) is 0. The topological polar surface area (TPSA) is 41.6 Å². The van der Waals surface area contributed by atoms with Crippen molar-refractivity contribution in [2.45, 2.75) is 96.2 Å². The summed E-state index contributed by atoms with van der Waals surface area (Å²) in [6.07, 6.45) is 11.5. The van der Waals surface area contributed by atoms with Crippen molar-refractivity contribution in [1.82, 2.24) is 10.2 Å². The molecule has 2 rings (SSSR count). The highest BCUT2D eigenvalue weighted by Gasteiger charge is 2.32. The van der Waals surface area contributed by atoms with Gasteiger partial charge in [-0.1, -0.05) is 32.1 Å². The lowest BCUT2D eigenvalue weighted by Crippen LogP contribution is -2.46. The number of amides is 1. The zero-order valence-corrected chi connectivity index (χ0v) is 14.7. The second-order valence-electron chi connectivity index (χ2n) is 7.92. The van der Waals surface area contributed by atoms with Crippen molar-refractivity contribution < 1.29 is 9.53 Å². The van der Waals surface area contributed by atoms with Crippen LogP contribution in [0.2, 0.25) is 0 Å². The van der Waals surface area contributed by atoms with Gasteiger partial charge in [0.05, 0.1) is 0 Å². The molecule has 0 bridgehead atoms. The highest BCUT2D eigenvalue weighted by Crippen LogP contribution is 2.22. The smallest absolute Gasteiger partial charge is 0.410 e. The maximum Gasteiger partial charge on any atom is 0.410 e. The Labute approximate surface area is 136 Å². The molecule has 1 aliphatic carbocycles. The van der Waals surface area contributed by atoms with Crippen molar-refractivity contribution in [1.29, 1.82) is 0 Å². The summed E-state index contributed by atoms with van der Waals surface area (Å²) in [5.74, 6) is 0. The molecular formula is C18H34N2O2. The molecule has 22 heavy (non-hydrogen) atoms. The Morgan fingerprint density at radius 1 is 1.05 bits per heavy atom. The third-order valence-electron chi connectivity index (χ3n) is 4.75. The molecule has 1 aliphatic heterocycles. The van der Waals surface area contributed by atoms with Crippen LogP contribution < -0.4 is 5.32 Å². The minimum atomic E-state index is -0.406. The van der Waals surface area contributed by atoms with Crippen LogP contribution in [0.3, 0.4) is 0 Å². The van der Waals surface area contributed by atoms with Gasteiger partial charge in [0.2, 0.25) is 0 Å². The van der Waals surface area contributed by atoms with Crippen LogP contribution in [0, 0.1) is 0 Å². The third-order valence-corrected chi connectivity index (χ3v) is 4.75. The average Bonchev–Trinajstić information content (AvgIpc) is 2.84. The number of hydrogen-bond donors (Lipinski definition) is 1. The lowest BCUT2D eigenvalue weighted by molar-refractivity contribution is 0.0224. The summed E-state index contributed by atoms with van der Waals surface area (Å²) in [4.78, 5) is 14.2. The van der Waals surface area contributed by atoms with Gasteiger partial charge in [-0.2, -0.15) is 0 Å². The zero-order chi connectivity index (χ0) is 16.0. The number of ether oxygens (including phenoxy) is 1. The van der Waals surface area contributed by atoms with Crippen LogP contribution >= 0.6 is 0 Å². The molecule has 0 spiro atoms. The maximum atomic E-state index is 12.3. The van der Waals surface area contributed by atoms with E-state index in [0.717, 1.165) is 25.9 Å². The van der Waals surface area contributed by atoms with Crippen LogP contribution in [0.5, 0.6) is 0 Å². The van der Waals surface area contributed by atoms with Gasteiger partial charge in [-0.05, 0) is 46.5 Å². The van der Waals surface area contributed by atoms with Crippen molar-refractivity contribution in [3.8, 4) is 0 Å². The summed E-state index contributed by atoms with van der Waals surface area (Å²) in [5.41, 5.74) is -0.406. The van der Waals surface area contributed by atoms with Crippen LogP contribution in [-0.2, 0) is 4.74 Å². The molecule has 0 aromatic heterocycles. The molecule has 1 N–H and O–H groups in total. The molecule has 1 saturated carbocycles. The van der Waals surface area contributed by atoms with Gasteiger partial charge in [0.15, 0.2) is 0 Å². The molecule has 1 atom stereocenters. The van der Waals surface area contributed by atoms with Crippen LogP contribution in [0.1, 0.15) is 78.6 Å². The van der Waals surface area contributed by atoms with Crippen molar-refractivity contribution in [2.75, 3.05) is 13.1 Å². The fraction of sp³-hybridized carbons (Fsp3) is 0.944. The fourth-order valence-corrected chi connectivity index (χ4v) is 3.57. The second-order valence-corrected chi connectivity index (χ2v) is 7.92. The highest BCUT2D eigenvalue weighted by atomic mass is 16.6. The van der Waals surface area contributed by atoms with E-state index in [0.29, 0.717) is 12.1 Å². The number of likely N-dealkylation sites (tertiary alicyclic amines) is 1. The molecule has 0 aromatic carbocycles. The Morgan fingerprint density at radius 3 is 2.32 bits per heavy atom. The van der Waals surface area contributed by atoms with Crippen LogP contribution in [0.4, 0.5) is 4.79 Å². The van der Waals surface area contributed by atoms with Crippen molar-refractivity contribution >= 4 is 6.09 Å². The first kappa shape index (κ1) is 17.6. The number of nitrogens with one attached hydrogen (secondary N) is 1. The van der Waals surface area contributed by atoms with Gasteiger partial charge in [-0.25, -0.2) is 4.79 Å². The van der Waals surface area contributed by atoms with E-state index in [1.165, 1.54) is 44.9 Å². The van der Waals surface area contributed by atoms with Crippen LogP contribution in [0.25, 0.3) is 0 Å². The van der Waals surface area contributed by atoms with Crippen molar-refractivity contribution in [3.63, 3.8) is 0 Å². The van der Waals surface area contributed by atoms with Gasteiger partial charge in [0.1, 0.15) is 5.60 Å². The van der Waals surface area contributed by atoms with E-state index in [1.807, 2.05) is 25.7 Å². The molecule has 1 heterocycles. The van der Waals surface area contributed by atoms with E-state index < -0.39 is 5.60 Å². The molecule has 4 heteroatoms. The largest absolute Gasteiger partial charge is 0.444 e. The minimum Gasteiger partial charge on any atom is -0.444 e. The number of carbonyl (C=O) groups excluding carboxylic acids is 1. The lowest BCUT2D eigenvalue weighted by Gasteiger charge is -2.30. The van der Waals surface area contributed by atoms with E-state index in [1.54, 1.807) is 0 Å². The second kappa shape index (κ2) is 8.19. The van der Waals surface area contributed by atoms with Crippen LogP contribution in [-0.4, -0.2) is 41.8 Å². The Morgan fingerprint density at radius 2 is 1.68 bits per heavy atom. The fourth-order valence-electron chi connectivity index (χ4n) is 3.57. The molecule has 1 unspecified atom stereocenters. The predicted octanol–water partition coefficient (Wildman–Crippen LogP) is 4.09.